The molecule has 0 aliphatic heterocycles. The molecule has 0 unspecified atom stereocenters. The number of aromatic nitrogens is 1. The van der Waals surface area contributed by atoms with E-state index in [2.05, 4.69) is 12.1 Å². The number of nitrogens with zero attached hydrogens (tertiary/aromatic N) is 1. The first-order valence-electron chi connectivity index (χ1n) is 8.39. The van der Waals surface area contributed by atoms with E-state index in [0.29, 0.717) is 6.42 Å². The van der Waals surface area contributed by atoms with Crippen LogP contribution in [0.2, 0.25) is 0 Å². The lowest BCUT2D eigenvalue weighted by Gasteiger charge is -2.19. The van der Waals surface area contributed by atoms with Gasteiger partial charge < -0.3 is 9.84 Å². The zero-order chi connectivity index (χ0) is 18.0. The molecule has 130 valence electrons. The van der Waals surface area contributed by atoms with Gasteiger partial charge in [0.05, 0.1) is 12.1 Å². The summed E-state index contributed by atoms with van der Waals surface area (Å²) in [6, 6.07) is 15.7. The van der Waals surface area contributed by atoms with Gasteiger partial charge in [-0.15, -0.1) is 0 Å². The Labute approximate surface area is 147 Å². The molecule has 0 atom stereocenters. The molecule has 3 rings (SSSR count). The van der Waals surface area contributed by atoms with Crippen LogP contribution in [0, 0.1) is 0 Å². The maximum absolute atomic E-state index is 12.6. The number of aliphatic hydroxyl groups is 1. The third-order valence-corrected chi connectivity index (χ3v) is 3.99. The number of rotatable bonds is 3. The Kier molecular flexibility index (Phi) is 4.64. The summed E-state index contributed by atoms with van der Waals surface area (Å²) in [4.78, 5) is 12.6. The van der Waals surface area contributed by atoms with Crippen LogP contribution in [-0.4, -0.2) is 21.4 Å². The Hall–Kier alpha value is -2.59. The highest BCUT2D eigenvalue weighted by atomic mass is 16.6. The van der Waals surface area contributed by atoms with Crippen LogP contribution in [0.15, 0.2) is 54.7 Å². The van der Waals surface area contributed by atoms with Crippen molar-refractivity contribution in [2.24, 2.45) is 0 Å². The van der Waals surface area contributed by atoms with Crippen LogP contribution in [0.25, 0.3) is 10.9 Å². The lowest BCUT2D eigenvalue weighted by Crippen LogP contribution is -2.26. The van der Waals surface area contributed by atoms with Crippen molar-refractivity contribution in [1.82, 2.24) is 4.57 Å². The summed E-state index contributed by atoms with van der Waals surface area (Å²) in [6.07, 6.45) is 2.10. The molecule has 1 aromatic heterocycles. The molecule has 0 saturated heterocycles. The van der Waals surface area contributed by atoms with Gasteiger partial charge in [0.1, 0.15) is 5.60 Å². The second-order valence-electron chi connectivity index (χ2n) is 7.14. The second kappa shape index (κ2) is 6.73. The van der Waals surface area contributed by atoms with Crippen LogP contribution in [-0.2, 0) is 17.8 Å². The van der Waals surface area contributed by atoms with E-state index >= 15 is 0 Å². The summed E-state index contributed by atoms with van der Waals surface area (Å²) >= 11 is 0. The second-order valence-corrected chi connectivity index (χ2v) is 7.14. The third kappa shape index (κ3) is 3.74. The van der Waals surface area contributed by atoms with Crippen molar-refractivity contribution in [3.05, 3.63) is 71.4 Å². The third-order valence-electron chi connectivity index (χ3n) is 3.99. The summed E-state index contributed by atoms with van der Waals surface area (Å²) in [5.41, 5.74) is 3.15. The number of carbonyl (C=O) groups is 1. The topological polar surface area (TPSA) is 51.5 Å². The standard InChI is InChI=1S/C21H23NO3/c1-21(2,3)25-20(24)22-13-17(12-15-8-5-4-6-9-15)19-16(14-23)10-7-11-18(19)22/h4-11,13,23H,12,14H2,1-3H3. The van der Waals surface area contributed by atoms with Gasteiger partial charge in [-0.2, -0.15) is 0 Å². The van der Waals surface area contributed by atoms with E-state index < -0.39 is 11.7 Å². The smallest absolute Gasteiger partial charge is 0.419 e. The predicted molar refractivity (Wildman–Crippen MR) is 98.7 cm³/mol. The van der Waals surface area contributed by atoms with E-state index in [4.69, 9.17) is 4.74 Å². The van der Waals surface area contributed by atoms with Gasteiger partial charge in [0.2, 0.25) is 0 Å². The normalized spacial score (nSPS) is 11.7. The van der Waals surface area contributed by atoms with Gasteiger partial charge in [0, 0.05) is 11.6 Å². The molecular weight excluding hydrogens is 314 g/mol. The SMILES string of the molecule is CC(C)(C)OC(=O)n1cc(Cc2ccccc2)c2c(CO)cccc21. The average molecular weight is 337 g/mol. The molecule has 0 aliphatic rings. The van der Waals surface area contributed by atoms with Crippen LogP contribution in [0.4, 0.5) is 4.79 Å². The highest BCUT2D eigenvalue weighted by molar-refractivity contribution is 5.94. The minimum Gasteiger partial charge on any atom is -0.443 e. The van der Waals surface area contributed by atoms with Crippen molar-refractivity contribution in [3.63, 3.8) is 0 Å². The van der Waals surface area contributed by atoms with Crippen molar-refractivity contribution in [2.75, 3.05) is 0 Å². The molecule has 3 aromatic rings. The number of hydrogen-bond donors (Lipinski definition) is 1. The van der Waals surface area contributed by atoms with Crippen LogP contribution in [0.5, 0.6) is 0 Å². The molecular formula is C21H23NO3. The van der Waals surface area contributed by atoms with E-state index in [-0.39, 0.29) is 6.61 Å². The molecule has 25 heavy (non-hydrogen) atoms. The Balaban J connectivity index is 2.11. The van der Waals surface area contributed by atoms with Gasteiger partial charge in [-0.25, -0.2) is 4.79 Å². The van der Waals surface area contributed by atoms with Crippen molar-refractivity contribution in [2.45, 2.75) is 39.4 Å². The van der Waals surface area contributed by atoms with Crippen molar-refractivity contribution in [1.29, 1.82) is 0 Å². The molecule has 2 aromatic carbocycles. The van der Waals surface area contributed by atoms with Crippen molar-refractivity contribution in [3.8, 4) is 0 Å². The van der Waals surface area contributed by atoms with Gasteiger partial charge >= 0.3 is 6.09 Å². The van der Waals surface area contributed by atoms with Crippen molar-refractivity contribution < 1.29 is 14.6 Å². The first kappa shape index (κ1) is 17.2. The lowest BCUT2D eigenvalue weighted by molar-refractivity contribution is 0.0544. The van der Waals surface area contributed by atoms with Crippen LogP contribution in [0.1, 0.15) is 37.5 Å². The number of hydrogen-bond acceptors (Lipinski definition) is 3. The number of aliphatic hydroxyl groups excluding tert-OH is 1. The summed E-state index contributed by atoms with van der Waals surface area (Å²) in [6.45, 7) is 5.47. The molecule has 1 heterocycles. The molecule has 0 radical (unpaired) electrons. The van der Waals surface area contributed by atoms with Gasteiger partial charge in [0.25, 0.3) is 0 Å². The zero-order valence-electron chi connectivity index (χ0n) is 14.8. The summed E-state index contributed by atoms with van der Waals surface area (Å²) < 4.78 is 7.07. The molecule has 4 heteroatoms. The highest BCUT2D eigenvalue weighted by Crippen LogP contribution is 2.28. The molecule has 4 nitrogen and oxygen atoms in total. The molecule has 1 N–H and O–H groups in total. The van der Waals surface area contributed by atoms with Gasteiger partial charge in [0.15, 0.2) is 0 Å². The Morgan fingerprint density at radius 2 is 1.76 bits per heavy atom. The molecule has 0 fully saturated rings. The quantitative estimate of drug-likeness (QED) is 0.765. The Morgan fingerprint density at radius 3 is 2.40 bits per heavy atom. The summed E-state index contributed by atoms with van der Waals surface area (Å²) in [5.74, 6) is 0. The maximum atomic E-state index is 12.6. The average Bonchev–Trinajstić information content (AvgIpc) is 2.93. The van der Waals surface area contributed by atoms with Gasteiger partial charge in [-0.3, -0.25) is 4.57 Å². The van der Waals surface area contributed by atoms with E-state index in [0.717, 1.165) is 27.6 Å². The highest BCUT2D eigenvalue weighted by Gasteiger charge is 2.21. The van der Waals surface area contributed by atoms with E-state index in [9.17, 15) is 9.90 Å². The lowest BCUT2D eigenvalue weighted by atomic mass is 10.0. The Morgan fingerprint density at radius 1 is 1.04 bits per heavy atom. The summed E-state index contributed by atoms with van der Waals surface area (Å²) in [7, 11) is 0. The van der Waals surface area contributed by atoms with E-state index in [1.807, 2.05) is 63.4 Å². The minimum atomic E-state index is -0.568. The fourth-order valence-electron chi connectivity index (χ4n) is 2.99. The van der Waals surface area contributed by atoms with Crippen LogP contribution >= 0.6 is 0 Å². The number of carbonyl (C=O) groups excluding carboxylic acids is 1. The first-order chi connectivity index (χ1) is 11.9. The number of fused-ring (bicyclic) bond motifs is 1. The fourth-order valence-corrected chi connectivity index (χ4v) is 2.99. The Bertz CT molecular complexity index is 889. The number of ether oxygens (including phenoxy) is 1. The zero-order valence-corrected chi connectivity index (χ0v) is 14.8. The summed E-state index contributed by atoms with van der Waals surface area (Å²) in [5, 5.41) is 10.7. The molecule has 0 aliphatic carbocycles. The van der Waals surface area contributed by atoms with E-state index in [1.54, 1.807) is 0 Å². The molecule has 0 bridgehead atoms. The van der Waals surface area contributed by atoms with Crippen LogP contribution < -0.4 is 0 Å². The minimum absolute atomic E-state index is 0.0720. The van der Waals surface area contributed by atoms with E-state index in [1.165, 1.54) is 4.57 Å². The monoisotopic (exact) mass is 337 g/mol. The molecule has 0 spiro atoms. The largest absolute Gasteiger partial charge is 0.443 e. The molecule has 0 amide bonds. The van der Waals surface area contributed by atoms with Gasteiger partial charge in [-0.1, -0.05) is 42.5 Å². The number of benzene rings is 2. The first-order valence-corrected chi connectivity index (χ1v) is 8.39. The predicted octanol–water partition coefficient (Wildman–Crippen LogP) is 4.51. The fraction of sp³-hybridized carbons (Fsp3) is 0.286. The van der Waals surface area contributed by atoms with Crippen molar-refractivity contribution >= 4 is 17.0 Å². The molecule has 0 saturated carbocycles. The van der Waals surface area contributed by atoms with Gasteiger partial charge in [-0.05, 0) is 49.9 Å². The van der Waals surface area contributed by atoms with Crippen LogP contribution in [0.3, 0.4) is 0 Å². The maximum Gasteiger partial charge on any atom is 0.419 e.